The molecule has 8 heteroatoms. The minimum Gasteiger partial charge on any atom is -0.466 e. The van der Waals surface area contributed by atoms with Crippen molar-refractivity contribution in [2.45, 2.75) is 24.7 Å². The van der Waals surface area contributed by atoms with E-state index < -0.39 is 9.84 Å². The molecule has 1 aliphatic rings. The number of anilines is 1. The molecule has 0 unspecified atom stereocenters. The van der Waals surface area contributed by atoms with Crippen molar-refractivity contribution >= 4 is 27.4 Å². The lowest BCUT2D eigenvalue weighted by molar-refractivity contribution is -0.150. The van der Waals surface area contributed by atoms with Gasteiger partial charge in [0.25, 0.3) is 0 Å². The number of ether oxygens (including phenoxy) is 1. The van der Waals surface area contributed by atoms with Crippen molar-refractivity contribution in [3.63, 3.8) is 0 Å². The Morgan fingerprint density at radius 2 is 2.12 bits per heavy atom. The van der Waals surface area contributed by atoms with Gasteiger partial charge < -0.3 is 10.1 Å². The molecule has 138 valence electrons. The zero-order chi connectivity index (χ0) is 18.4. The number of sulfone groups is 1. The van der Waals surface area contributed by atoms with E-state index in [9.17, 15) is 18.0 Å². The molecule has 1 aromatic rings. The summed E-state index contributed by atoms with van der Waals surface area (Å²) in [4.78, 5) is 26.1. The number of piperidine rings is 1. The molecule has 25 heavy (non-hydrogen) atoms. The molecule has 1 heterocycles. The summed E-state index contributed by atoms with van der Waals surface area (Å²) in [5.41, 5.74) is 0.437. The smallest absolute Gasteiger partial charge is 0.310 e. The Labute approximate surface area is 148 Å². The van der Waals surface area contributed by atoms with E-state index in [1.165, 1.54) is 12.1 Å². The SMILES string of the molecule is CCOC(=O)[C@@H]1CCCN(CC(=O)Nc2cccc(S(C)(=O)=O)c2)C1. The van der Waals surface area contributed by atoms with Crippen LogP contribution in [0.4, 0.5) is 5.69 Å². The van der Waals surface area contributed by atoms with Gasteiger partial charge in [0.2, 0.25) is 5.91 Å². The molecule has 1 saturated heterocycles. The predicted molar refractivity (Wildman–Crippen MR) is 94.0 cm³/mol. The van der Waals surface area contributed by atoms with Crippen molar-refractivity contribution in [3.05, 3.63) is 24.3 Å². The summed E-state index contributed by atoms with van der Waals surface area (Å²) in [5, 5.41) is 2.71. The van der Waals surface area contributed by atoms with Gasteiger partial charge in [0.05, 0.1) is 24.0 Å². The van der Waals surface area contributed by atoms with Crippen LogP contribution in [0.5, 0.6) is 0 Å². The Balaban J connectivity index is 1.93. The average Bonchev–Trinajstić information content (AvgIpc) is 2.54. The van der Waals surface area contributed by atoms with Gasteiger partial charge in [0, 0.05) is 18.5 Å². The molecule has 1 N–H and O–H groups in total. The monoisotopic (exact) mass is 368 g/mol. The highest BCUT2D eigenvalue weighted by Gasteiger charge is 2.27. The topological polar surface area (TPSA) is 92.8 Å². The Morgan fingerprint density at radius 3 is 2.80 bits per heavy atom. The molecule has 1 atom stereocenters. The van der Waals surface area contributed by atoms with E-state index in [1.54, 1.807) is 19.1 Å². The maximum atomic E-state index is 12.2. The molecular formula is C17H24N2O5S. The summed E-state index contributed by atoms with van der Waals surface area (Å²) in [6, 6.07) is 6.15. The second-order valence-electron chi connectivity index (χ2n) is 6.17. The van der Waals surface area contributed by atoms with Crippen LogP contribution in [-0.4, -0.2) is 57.7 Å². The Kier molecular flexibility index (Phi) is 6.55. The van der Waals surface area contributed by atoms with E-state index in [0.717, 1.165) is 25.6 Å². The van der Waals surface area contributed by atoms with Crippen molar-refractivity contribution in [2.75, 3.05) is 37.8 Å². The fourth-order valence-electron chi connectivity index (χ4n) is 2.86. The van der Waals surface area contributed by atoms with Crippen molar-refractivity contribution in [3.8, 4) is 0 Å². The van der Waals surface area contributed by atoms with Crippen LogP contribution in [0.2, 0.25) is 0 Å². The lowest BCUT2D eigenvalue weighted by Crippen LogP contribution is -2.43. The van der Waals surface area contributed by atoms with Gasteiger partial charge >= 0.3 is 5.97 Å². The van der Waals surface area contributed by atoms with E-state index in [0.29, 0.717) is 18.8 Å². The number of hydrogen-bond acceptors (Lipinski definition) is 6. The quantitative estimate of drug-likeness (QED) is 0.761. The highest BCUT2D eigenvalue weighted by Crippen LogP contribution is 2.19. The van der Waals surface area contributed by atoms with Crippen molar-refractivity contribution < 1.29 is 22.7 Å². The molecule has 1 aliphatic heterocycles. The third-order valence-corrected chi connectivity index (χ3v) is 5.15. The van der Waals surface area contributed by atoms with E-state index in [2.05, 4.69) is 5.32 Å². The number of amides is 1. The Hall–Kier alpha value is -1.93. The molecule has 1 amide bonds. The second-order valence-corrected chi connectivity index (χ2v) is 8.19. The number of hydrogen-bond donors (Lipinski definition) is 1. The van der Waals surface area contributed by atoms with Gasteiger partial charge in [-0.3, -0.25) is 14.5 Å². The van der Waals surface area contributed by atoms with Crippen LogP contribution in [0, 0.1) is 5.92 Å². The number of benzene rings is 1. The van der Waals surface area contributed by atoms with Crippen molar-refractivity contribution in [1.82, 2.24) is 4.90 Å². The summed E-state index contributed by atoms with van der Waals surface area (Å²) in [6.07, 6.45) is 2.73. The number of nitrogens with zero attached hydrogens (tertiary/aromatic N) is 1. The third-order valence-electron chi connectivity index (χ3n) is 4.04. The molecule has 0 aromatic heterocycles. The molecule has 0 saturated carbocycles. The van der Waals surface area contributed by atoms with E-state index in [4.69, 9.17) is 4.74 Å². The van der Waals surface area contributed by atoms with Crippen molar-refractivity contribution in [1.29, 1.82) is 0 Å². The first-order chi connectivity index (χ1) is 11.8. The summed E-state index contributed by atoms with van der Waals surface area (Å²) in [6.45, 7) is 3.52. The number of nitrogens with one attached hydrogen (secondary N) is 1. The first-order valence-corrected chi connectivity index (χ1v) is 10.2. The number of rotatable bonds is 6. The first kappa shape index (κ1) is 19.4. The minimum absolute atomic E-state index is 0.152. The largest absolute Gasteiger partial charge is 0.466 e. The van der Waals surface area contributed by atoms with Crippen LogP contribution in [-0.2, 0) is 24.2 Å². The number of esters is 1. The second kappa shape index (κ2) is 8.44. The van der Waals surface area contributed by atoms with Crippen LogP contribution < -0.4 is 5.32 Å². The third kappa shape index (κ3) is 5.82. The lowest BCUT2D eigenvalue weighted by Gasteiger charge is -2.30. The van der Waals surface area contributed by atoms with Gasteiger partial charge in [0.15, 0.2) is 9.84 Å². The molecule has 0 radical (unpaired) electrons. The summed E-state index contributed by atoms with van der Waals surface area (Å²) < 4.78 is 28.2. The fraction of sp³-hybridized carbons (Fsp3) is 0.529. The van der Waals surface area contributed by atoms with E-state index in [1.807, 2.05) is 4.90 Å². The van der Waals surface area contributed by atoms with Crippen LogP contribution >= 0.6 is 0 Å². The Bertz CT molecular complexity index is 732. The normalized spacial score (nSPS) is 18.6. The summed E-state index contributed by atoms with van der Waals surface area (Å²) >= 11 is 0. The predicted octanol–water partition coefficient (Wildman–Crippen LogP) is 1.30. The summed E-state index contributed by atoms with van der Waals surface area (Å²) in [5.74, 6) is -0.654. The van der Waals surface area contributed by atoms with Gasteiger partial charge in [-0.25, -0.2) is 8.42 Å². The molecule has 1 fully saturated rings. The van der Waals surface area contributed by atoms with Gasteiger partial charge in [0.1, 0.15) is 0 Å². The average molecular weight is 368 g/mol. The standard InChI is InChI=1S/C17H24N2O5S/c1-3-24-17(21)13-6-5-9-19(11-13)12-16(20)18-14-7-4-8-15(10-14)25(2,22)23/h4,7-8,10,13H,3,5-6,9,11-12H2,1-2H3,(H,18,20)/t13-/m1/s1. The van der Waals surface area contributed by atoms with Gasteiger partial charge in [-0.2, -0.15) is 0 Å². The molecule has 0 bridgehead atoms. The van der Waals surface area contributed by atoms with Gasteiger partial charge in [-0.1, -0.05) is 6.07 Å². The molecule has 2 rings (SSSR count). The lowest BCUT2D eigenvalue weighted by atomic mass is 9.98. The van der Waals surface area contributed by atoms with E-state index >= 15 is 0 Å². The molecule has 1 aromatic carbocycles. The molecule has 0 spiro atoms. The fourth-order valence-corrected chi connectivity index (χ4v) is 3.53. The van der Waals surface area contributed by atoms with Crippen LogP contribution in [0.15, 0.2) is 29.2 Å². The maximum Gasteiger partial charge on any atom is 0.310 e. The van der Waals surface area contributed by atoms with Crippen molar-refractivity contribution in [2.24, 2.45) is 5.92 Å². The Morgan fingerprint density at radius 1 is 1.36 bits per heavy atom. The van der Waals surface area contributed by atoms with Crippen LogP contribution in [0.1, 0.15) is 19.8 Å². The highest BCUT2D eigenvalue weighted by atomic mass is 32.2. The first-order valence-electron chi connectivity index (χ1n) is 8.28. The number of carbonyl (C=O) groups excluding carboxylic acids is 2. The molecule has 7 nitrogen and oxygen atoms in total. The maximum absolute atomic E-state index is 12.2. The van der Waals surface area contributed by atoms with Gasteiger partial charge in [-0.15, -0.1) is 0 Å². The molecule has 0 aliphatic carbocycles. The van der Waals surface area contributed by atoms with Gasteiger partial charge in [-0.05, 0) is 44.5 Å². The zero-order valence-electron chi connectivity index (χ0n) is 14.5. The van der Waals surface area contributed by atoms with Crippen LogP contribution in [0.25, 0.3) is 0 Å². The van der Waals surface area contributed by atoms with E-state index in [-0.39, 0.29) is 29.2 Å². The summed E-state index contributed by atoms with van der Waals surface area (Å²) in [7, 11) is -3.32. The zero-order valence-corrected chi connectivity index (χ0v) is 15.3. The molecular weight excluding hydrogens is 344 g/mol. The highest BCUT2D eigenvalue weighted by molar-refractivity contribution is 7.90. The number of likely N-dealkylation sites (tertiary alicyclic amines) is 1. The van der Waals surface area contributed by atoms with Crippen LogP contribution in [0.3, 0.4) is 0 Å². The minimum atomic E-state index is -3.32. The number of carbonyl (C=O) groups is 2.